The van der Waals surface area contributed by atoms with Crippen molar-refractivity contribution in [3.8, 4) is 0 Å². The van der Waals surface area contributed by atoms with Gasteiger partial charge in [-0.05, 0) is 40.8 Å². The Hall–Kier alpha value is -0.780. The Morgan fingerprint density at radius 1 is 1.64 bits per heavy atom. The van der Waals surface area contributed by atoms with E-state index in [1.54, 1.807) is 0 Å². The molecule has 0 radical (unpaired) electrons. The molecule has 1 aromatic carbocycles. The van der Waals surface area contributed by atoms with Crippen LogP contribution in [-0.4, -0.2) is 12.5 Å². The highest BCUT2D eigenvalue weighted by Gasteiger charge is 2.07. The first-order valence-electron chi connectivity index (χ1n) is 4.38. The van der Waals surface area contributed by atoms with Crippen LogP contribution in [0.25, 0.3) is 0 Å². The summed E-state index contributed by atoms with van der Waals surface area (Å²) in [4.78, 5) is 10.8. The maximum atomic E-state index is 10.8. The summed E-state index contributed by atoms with van der Waals surface area (Å²) in [7, 11) is 0. The van der Waals surface area contributed by atoms with E-state index in [1.165, 1.54) is 3.57 Å². The maximum Gasteiger partial charge on any atom is 0.222 e. The Bertz CT molecular complexity index is 328. The second-order valence-electron chi connectivity index (χ2n) is 3.19. The summed E-state index contributed by atoms with van der Waals surface area (Å²) in [6.45, 7) is 2.39. The zero-order chi connectivity index (χ0) is 10.6. The zero-order valence-electron chi connectivity index (χ0n) is 7.96. The van der Waals surface area contributed by atoms with Crippen LogP contribution in [0.4, 0.5) is 5.69 Å². The standard InChI is InChI=1S/C10H13IN2O/c1-7(10(12)14)6-13-9-4-2-3-8(11)5-9/h2-5,7,13H,6H2,1H3,(H2,12,14). The Balaban J connectivity index is 2.49. The quantitative estimate of drug-likeness (QED) is 0.834. The molecule has 1 aromatic rings. The minimum Gasteiger partial charge on any atom is -0.384 e. The van der Waals surface area contributed by atoms with Gasteiger partial charge in [0.15, 0.2) is 0 Å². The van der Waals surface area contributed by atoms with Gasteiger partial charge in [-0.1, -0.05) is 13.0 Å². The number of nitrogens with one attached hydrogen (secondary N) is 1. The lowest BCUT2D eigenvalue weighted by Gasteiger charge is -2.10. The second-order valence-corrected chi connectivity index (χ2v) is 4.44. The van der Waals surface area contributed by atoms with E-state index >= 15 is 0 Å². The van der Waals surface area contributed by atoms with Gasteiger partial charge < -0.3 is 11.1 Å². The Labute approximate surface area is 97.2 Å². The van der Waals surface area contributed by atoms with Crippen LogP contribution in [0, 0.1) is 9.49 Å². The molecule has 0 aliphatic rings. The summed E-state index contributed by atoms with van der Waals surface area (Å²) < 4.78 is 1.17. The zero-order valence-corrected chi connectivity index (χ0v) is 10.1. The summed E-state index contributed by atoms with van der Waals surface area (Å²) >= 11 is 2.24. The van der Waals surface area contributed by atoms with Crippen molar-refractivity contribution in [1.82, 2.24) is 0 Å². The normalized spacial score (nSPS) is 12.1. The number of primary amides is 1. The van der Waals surface area contributed by atoms with Crippen molar-refractivity contribution in [1.29, 1.82) is 0 Å². The fourth-order valence-corrected chi connectivity index (χ4v) is 1.51. The first-order valence-corrected chi connectivity index (χ1v) is 5.46. The molecule has 0 heterocycles. The Kier molecular flexibility index (Phi) is 4.19. The first kappa shape index (κ1) is 11.3. The number of amides is 1. The van der Waals surface area contributed by atoms with Gasteiger partial charge in [-0.15, -0.1) is 0 Å². The van der Waals surface area contributed by atoms with Crippen LogP contribution in [0.5, 0.6) is 0 Å². The molecule has 0 bridgehead atoms. The first-order chi connectivity index (χ1) is 6.59. The van der Waals surface area contributed by atoms with Crippen molar-refractivity contribution < 1.29 is 4.79 Å². The molecule has 3 nitrogen and oxygen atoms in total. The third-order valence-electron chi connectivity index (χ3n) is 1.92. The third kappa shape index (κ3) is 3.53. The van der Waals surface area contributed by atoms with E-state index in [1.807, 2.05) is 31.2 Å². The van der Waals surface area contributed by atoms with E-state index < -0.39 is 0 Å². The molecule has 1 unspecified atom stereocenters. The molecule has 1 rings (SSSR count). The SMILES string of the molecule is CC(CNc1cccc(I)c1)C(N)=O. The van der Waals surface area contributed by atoms with Crippen LogP contribution in [0.15, 0.2) is 24.3 Å². The van der Waals surface area contributed by atoms with Crippen molar-refractivity contribution in [3.05, 3.63) is 27.8 Å². The fourth-order valence-electron chi connectivity index (χ4n) is 0.970. The van der Waals surface area contributed by atoms with Gasteiger partial charge >= 0.3 is 0 Å². The van der Waals surface area contributed by atoms with Crippen molar-refractivity contribution in [3.63, 3.8) is 0 Å². The van der Waals surface area contributed by atoms with Gasteiger partial charge in [0.2, 0.25) is 5.91 Å². The van der Waals surface area contributed by atoms with Gasteiger partial charge in [0.25, 0.3) is 0 Å². The molecule has 0 aromatic heterocycles. The molecule has 0 saturated heterocycles. The van der Waals surface area contributed by atoms with Crippen LogP contribution >= 0.6 is 22.6 Å². The van der Waals surface area contributed by atoms with E-state index in [9.17, 15) is 4.79 Å². The van der Waals surface area contributed by atoms with Gasteiger partial charge in [-0.2, -0.15) is 0 Å². The van der Waals surface area contributed by atoms with Gasteiger partial charge in [-0.25, -0.2) is 0 Å². The Morgan fingerprint density at radius 2 is 2.36 bits per heavy atom. The Morgan fingerprint density at radius 3 is 2.93 bits per heavy atom. The number of rotatable bonds is 4. The topological polar surface area (TPSA) is 55.1 Å². The van der Waals surface area contributed by atoms with Crippen molar-refractivity contribution >= 4 is 34.2 Å². The highest BCUT2D eigenvalue weighted by molar-refractivity contribution is 14.1. The molecule has 1 amide bonds. The lowest BCUT2D eigenvalue weighted by molar-refractivity contribution is -0.120. The van der Waals surface area contributed by atoms with Crippen LogP contribution in [0.1, 0.15) is 6.92 Å². The average molecular weight is 304 g/mol. The van der Waals surface area contributed by atoms with Gasteiger partial charge in [0, 0.05) is 15.8 Å². The van der Waals surface area contributed by atoms with Crippen LogP contribution in [0.2, 0.25) is 0 Å². The number of hydrogen-bond donors (Lipinski definition) is 2. The molecule has 4 heteroatoms. The number of anilines is 1. The van der Waals surface area contributed by atoms with Crippen molar-refractivity contribution in [2.24, 2.45) is 11.7 Å². The molecule has 0 spiro atoms. The summed E-state index contributed by atoms with van der Waals surface area (Å²) in [5, 5.41) is 3.16. The van der Waals surface area contributed by atoms with Crippen molar-refractivity contribution in [2.45, 2.75) is 6.92 Å². The molecule has 1 atom stereocenters. The highest BCUT2D eigenvalue weighted by Crippen LogP contribution is 2.12. The molecule has 76 valence electrons. The smallest absolute Gasteiger partial charge is 0.222 e. The second kappa shape index (κ2) is 5.19. The molecule has 0 saturated carbocycles. The van der Waals surface area contributed by atoms with Gasteiger partial charge in [0.05, 0.1) is 5.92 Å². The number of nitrogens with two attached hydrogens (primary N) is 1. The van der Waals surface area contributed by atoms with Crippen LogP contribution < -0.4 is 11.1 Å². The molecular weight excluding hydrogens is 291 g/mol. The minimum absolute atomic E-state index is 0.145. The number of carbonyl (C=O) groups excluding carboxylic acids is 1. The largest absolute Gasteiger partial charge is 0.384 e. The van der Waals surface area contributed by atoms with E-state index in [-0.39, 0.29) is 11.8 Å². The average Bonchev–Trinajstić information content (AvgIpc) is 2.14. The molecule has 3 N–H and O–H groups in total. The highest BCUT2D eigenvalue weighted by atomic mass is 127. The predicted octanol–water partition coefficient (Wildman–Crippen LogP) is 1.82. The maximum absolute atomic E-state index is 10.8. The van der Waals surface area contributed by atoms with E-state index in [4.69, 9.17) is 5.73 Å². The summed E-state index contributed by atoms with van der Waals surface area (Å²) in [5.41, 5.74) is 6.17. The van der Waals surface area contributed by atoms with E-state index in [0.29, 0.717) is 6.54 Å². The van der Waals surface area contributed by atoms with Crippen LogP contribution in [-0.2, 0) is 4.79 Å². The lowest BCUT2D eigenvalue weighted by Crippen LogP contribution is -2.26. The molecule has 0 aliphatic carbocycles. The van der Waals surface area contributed by atoms with Gasteiger partial charge in [0.1, 0.15) is 0 Å². The number of benzene rings is 1. The monoisotopic (exact) mass is 304 g/mol. The fraction of sp³-hybridized carbons (Fsp3) is 0.300. The van der Waals surface area contributed by atoms with Crippen LogP contribution in [0.3, 0.4) is 0 Å². The van der Waals surface area contributed by atoms with E-state index in [0.717, 1.165) is 5.69 Å². The summed E-state index contributed by atoms with van der Waals surface area (Å²) in [6.07, 6.45) is 0. The number of hydrogen-bond acceptors (Lipinski definition) is 2. The van der Waals surface area contributed by atoms with Gasteiger partial charge in [-0.3, -0.25) is 4.79 Å². The molecule has 14 heavy (non-hydrogen) atoms. The third-order valence-corrected chi connectivity index (χ3v) is 2.59. The molecule has 0 aliphatic heterocycles. The minimum atomic E-state index is -0.275. The molecule has 0 fully saturated rings. The lowest BCUT2D eigenvalue weighted by atomic mass is 10.1. The summed E-state index contributed by atoms with van der Waals surface area (Å²) in [5.74, 6) is -0.420. The number of carbonyl (C=O) groups is 1. The summed E-state index contributed by atoms with van der Waals surface area (Å²) in [6, 6.07) is 7.98. The van der Waals surface area contributed by atoms with Crippen molar-refractivity contribution in [2.75, 3.05) is 11.9 Å². The number of halogens is 1. The predicted molar refractivity (Wildman–Crippen MR) is 66.0 cm³/mol. The molecular formula is C10H13IN2O. The van der Waals surface area contributed by atoms with E-state index in [2.05, 4.69) is 27.9 Å².